The van der Waals surface area contributed by atoms with Crippen molar-refractivity contribution in [2.45, 2.75) is 32.5 Å². The minimum atomic E-state index is -4.40. The minimum Gasteiger partial charge on any atom is -0.354 e. The first kappa shape index (κ1) is 19.2. The van der Waals surface area contributed by atoms with E-state index in [0.29, 0.717) is 31.0 Å². The summed E-state index contributed by atoms with van der Waals surface area (Å²) in [6.45, 7) is 5.49. The molecule has 0 spiro atoms. The van der Waals surface area contributed by atoms with E-state index < -0.39 is 11.7 Å². The number of hydrogen-bond donors (Lipinski definition) is 0. The van der Waals surface area contributed by atoms with E-state index in [1.165, 1.54) is 6.07 Å². The van der Waals surface area contributed by atoms with Gasteiger partial charge in [0.2, 0.25) is 0 Å². The van der Waals surface area contributed by atoms with Crippen molar-refractivity contribution in [1.29, 1.82) is 0 Å². The number of hydrogen-bond acceptors (Lipinski definition) is 4. The van der Waals surface area contributed by atoms with Crippen LogP contribution in [-0.4, -0.2) is 51.2 Å². The zero-order chi connectivity index (χ0) is 19.8. The summed E-state index contributed by atoms with van der Waals surface area (Å²) in [5.41, 5.74) is 0.613. The zero-order valence-corrected chi connectivity index (χ0v) is 15.5. The molecule has 146 valence electrons. The molecule has 3 rings (SSSR count). The zero-order valence-electron chi connectivity index (χ0n) is 15.5. The molecule has 2 aromatic rings. The van der Waals surface area contributed by atoms with Crippen molar-refractivity contribution in [3.63, 3.8) is 0 Å². The van der Waals surface area contributed by atoms with Crippen molar-refractivity contribution in [3.05, 3.63) is 41.3 Å². The molecule has 9 heteroatoms. The van der Waals surface area contributed by atoms with Crippen molar-refractivity contribution >= 4 is 11.7 Å². The highest BCUT2D eigenvalue weighted by atomic mass is 19.4. The summed E-state index contributed by atoms with van der Waals surface area (Å²) in [5.74, 6) is 0.418. The fraction of sp³-hybridized carbons (Fsp3) is 0.500. The van der Waals surface area contributed by atoms with Crippen molar-refractivity contribution in [3.8, 4) is 0 Å². The van der Waals surface area contributed by atoms with Crippen molar-refractivity contribution < 1.29 is 18.0 Å². The van der Waals surface area contributed by atoms with E-state index in [2.05, 4.69) is 10.1 Å². The highest BCUT2D eigenvalue weighted by Gasteiger charge is 2.33. The predicted octanol–water partition coefficient (Wildman–Crippen LogP) is 2.88. The van der Waals surface area contributed by atoms with Gasteiger partial charge in [-0.1, -0.05) is 0 Å². The number of pyridine rings is 1. The number of alkyl halides is 3. The van der Waals surface area contributed by atoms with Crippen LogP contribution in [0, 0.1) is 6.92 Å². The molecule has 27 heavy (non-hydrogen) atoms. The molecule has 0 N–H and O–H groups in total. The SMILES string of the molecule is CCN(C(=O)c1cnn(C)c1C)C1CCN(c2ccc(C(F)(F)F)cn2)C1. The van der Waals surface area contributed by atoms with Crippen LogP contribution < -0.4 is 4.90 Å². The summed E-state index contributed by atoms with van der Waals surface area (Å²) < 4.78 is 39.7. The van der Waals surface area contributed by atoms with Crippen LogP contribution >= 0.6 is 0 Å². The Labute approximate surface area is 155 Å². The fourth-order valence-electron chi connectivity index (χ4n) is 3.38. The molecule has 2 aromatic heterocycles. The quantitative estimate of drug-likeness (QED) is 0.817. The lowest BCUT2D eigenvalue weighted by Crippen LogP contribution is -2.42. The molecule has 1 fully saturated rings. The van der Waals surface area contributed by atoms with Gasteiger partial charge in [0.1, 0.15) is 5.82 Å². The van der Waals surface area contributed by atoms with E-state index in [9.17, 15) is 18.0 Å². The maximum atomic E-state index is 12.9. The molecule has 1 atom stereocenters. The molecule has 0 saturated carbocycles. The number of likely N-dealkylation sites (N-methyl/N-ethyl adjacent to an activating group) is 1. The van der Waals surface area contributed by atoms with Gasteiger partial charge in [0.25, 0.3) is 5.91 Å². The molecule has 0 radical (unpaired) electrons. The normalized spacial score (nSPS) is 17.4. The van der Waals surface area contributed by atoms with Gasteiger partial charge >= 0.3 is 6.18 Å². The third kappa shape index (κ3) is 3.77. The highest BCUT2D eigenvalue weighted by Crippen LogP contribution is 2.30. The number of aryl methyl sites for hydroxylation is 1. The lowest BCUT2D eigenvalue weighted by Gasteiger charge is -2.28. The van der Waals surface area contributed by atoms with E-state index in [0.717, 1.165) is 24.4 Å². The largest absolute Gasteiger partial charge is 0.417 e. The second-order valence-electron chi connectivity index (χ2n) is 6.65. The Morgan fingerprint density at radius 3 is 2.59 bits per heavy atom. The molecule has 1 unspecified atom stereocenters. The summed E-state index contributed by atoms with van der Waals surface area (Å²) in [7, 11) is 1.79. The van der Waals surface area contributed by atoms with Crippen molar-refractivity contribution in [2.75, 3.05) is 24.5 Å². The van der Waals surface area contributed by atoms with Crippen molar-refractivity contribution in [2.24, 2.45) is 7.05 Å². The van der Waals surface area contributed by atoms with Gasteiger partial charge in [0.05, 0.1) is 23.4 Å². The van der Waals surface area contributed by atoms with Gasteiger partial charge in [0, 0.05) is 38.6 Å². The van der Waals surface area contributed by atoms with E-state index in [1.54, 1.807) is 22.8 Å². The van der Waals surface area contributed by atoms with E-state index in [4.69, 9.17) is 0 Å². The summed E-state index contributed by atoms with van der Waals surface area (Å²) in [5, 5.41) is 4.13. The maximum Gasteiger partial charge on any atom is 0.417 e. The predicted molar refractivity (Wildman–Crippen MR) is 94.5 cm³/mol. The van der Waals surface area contributed by atoms with E-state index in [1.807, 2.05) is 18.7 Å². The number of carbonyl (C=O) groups is 1. The first-order valence-electron chi connectivity index (χ1n) is 8.80. The average molecular weight is 381 g/mol. The smallest absolute Gasteiger partial charge is 0.354 e. The van der Waals surface area contributed by atoms with Crippen LogP contribution in [0.2, 0.25) is 0 Å². The van der Waals surface area contributed by atoms with Crippen LogP contribution in [0.3, 0.4) is 0 Å². The first-order chi connectivity index (χ1) is 12.7. The third-order valence-electron chi connectivity index (χ3n) is 5.07. The van der Waals surface area contributed by atoms with Crippen LogP contribution in [0.5, 0.6) is 0 Å². The third-order valence-corrected chi connectivity index (χ3v) is 5.07. The highest BCUT2D eigenvalue weighted by molar-refractivity contribution is 5.95. The topological polar surface area (TPSA) is 54.3 Å². The second kappa shape index (κ2) is 7.21. The molecular formula is C18H22F3N5O. The Bertz CT molecular complexity index is 815. The molecule has 1 aliphatic heterocycles. The Morgan fingerprint density at radius 1 is 1.33 bits per heavy atom. The Hall–Kier alpha value is -2.58. The van der Waals surface area contributed by atoms with Crippen LogP contribution in [-0.2, 0) is 13.2 Å². The summed E-state index contributed by atoms with van der Waals surface area (Å²) >= 11 is 0. The lowest BCUT2D eigenvalue weighted by molar-refractivity contribution is -0.137. The van der Waals surface area contributed by atoms with Gasteiger partial charge in [-0.05, 0) is 32.4 Å². The Kier molecular flexibility index (Phi) is 5.12. The van der Waals surface area contributed by atoms with Gasteiger partial charge in [-0.25, -0.2) is 4.98 Å². The molecule has 6 nitrogen and oxygen atoms in total. The molecule has 0 bridgehead atoms. The van der Waals surface area contributed by atoms with E-state index >= 15 is 0 Å². The summed E-state index contributed by atoms with van der Waals surface area (Å²) in [4.78, 5) is 20.6. The molecular weight excluding hydrogens is 359 g/mol. The number of halogens is 3. The molecule has 3 heterocycles. The summed E-state index contributed by atoms with van der Waals surface area (Å²) in [6.07, 6.45) is -1.23. The molecule has 1 amide bonds. The average Bonchev–Trinajstić information content (AvgIpc) is 3.23. The Morgan fingerprint density at radius 2 is 2.07 bits per heavy atom. The van der Waals surface area contributed by atoms with Gasteiger partial charge in [-0.3, -0.25) is 9.48 Å². The summed E-state index contributed by atoms with van der Waals surface area (Å²) in [6, 6.07) is 2.40. The molecule has 1 aliphatic rings. The van der Waals surface area contributed by atoms with Gasteiger partial charge in [-0.15, -0.1) is 0 Å². The van der Waals surface area contributed by atoms with Crippen LogP contribution in [0.4, 0.5) is 19.0 Å². The monoisotopic (exact) mass is 381 g/mol. The molecule has 0 aliphatic carbocycles. The van der Waals surface area contributed by atoms with E-state index in [-0.39, 0.29) is 11.9 Å². The number of nitrogens with zero attached hydrogens (tertiary/aromatic N) is 5. The number of anilines is 1. The lowest BCUT2D eigenvalue weighted by atomic mass is 10.1. The van der Waals surface area contributed by atoms with Crippen LogP contribution in [0.15, 0.2) is 24.5 Å². The number of aromatic nitrogens is 3. The van der Waals surface area contributed by atoms with Gasteiger partial charge in [-0.2, -0.15) is 18.3 Å². The standard InChI is InChI=1S/C18H22F3N5O/c1-4-26(17(27)15-10-23-24(3)12(15)2)14-7-8-25(11-14)16-6-5-13(9-22-16)18(19,20)21/h5-6,9-10,14H,4,7-8,11H2,1-3H3. The Balaban J connectivity index is 1.72. The van der Waals surface area contributed by atoms with Gasteiger partial charge in [0.15, 0.2) is 0 Å². The number of carbonyl (C=O) groups excluding carboxylic acids is 1. The molecule has 1 saturated heterocycles. The fourth-order valence-corrected chi connectivity index (χ4v) is 3.38. The van der Waals surface area contributed by atoms with Crippen LogP contribution in [0.25, 0.3) is 0 Å². The minimum absolute atomic E-state index is 0.0220. The van der Waals surface area contributed by atoms with Gasteiger partial charge < -0.3 is 9.80 Å². The van der Waals surface area contributed by atoms with Crippen molar-refractivity contribution in [1.82, 2.24) is 19.7 Å². The second-order valence-corrected chi connectivity index (χ2v) is 6.65. The first-order valence-corrected chi connectivity index (χ1v) is 8.80. The van der Waals surface area contributed by atoms with Crippen LogP contribution in [0.1, 0.15) is 35.0 Å². The molecule has 0 aromatic carbocycles. The number of rotatable bonds is 4. The number of amides is 1. The maximum absolute atomic E-state index is 12.9.